The van der Waals surface area contributed by atoms with Gasteiger partial charge in [-0.1, -0.05) is 19.3 Å². The van der Waals surface area contributed by atoms with Crippen LogP contribution >= 0.6 is 0 Å². The van der Waals surface area contributed by atoms with E-state index in [2.05, 4.69) is 4.99 Å². The van der Waals surface area contributed by atoms with Crippen LogP contribution in [0.3, 0.4) is 0 Å². The minimum absolute atomic E-state index is 0.327. The monoisotopic (exact) mass is 165 g/mol. The highest BCUT2D eigenvalue weighted by Gasteiger charge is 2.37. The first kappa shape index (κ1) is 8.00. The fraction of sp³-hybridized carbons (Fsp3) is 0.900. The molecule has 3 unspecified atom stereocenters. The molecule has 66 valence electrons. The summed E-state index contributed by atoms with van der Waals surface area (Å²) in [5, 5.41) is 0. The van der Waals surface area contributed by atoms with Gasteiger partial charge in [-0.05, 0) is 31.1 Å². The summed E-state index contributed by atoms with van der Waals surface area (Å²) in [6.07, 6.45) is 9.53. The fourth-order valence-electron chi connectivity index (χ4n) is 2.93. The Morgan fingerprint density at radius 2 is 1.92 bits per heavy atom. The van der Waals surface area contributed by atoms with Gasteiger partial charge in [0.2, 0.25) is 6.08 Å². The van der Waals surface area contributed by atoms with E-state index in [1.165, 1.54) is 32.1 Å². The summed E-state index contributed by atoms with van der Waals surface area (Å²) < 4.78 is 0. The Hall–Kier alpha value is -0.620. The molecule has 0 radical (unpaired) electrons. The first-order valence-electron chi connectivity index (χ1n) is 4.99. The number of nitrogens with zero attached hydrogens (tertiary/aromatic N) is 1. The van der Waals surface area contributed by atoms with Gasteiger partial charge < -0.3 is 0 Å². The van der Waals surface area contributed by atoms with Crippen molar-refractivity contribution in [3.8, 4) is 0 Å². The number of rotatable bonds is 1. The van der Waals surface area contributed by atoms with Gasteiger partial charge in [-0.25, -0.2) is 9.79 Å². The summed E-state index contributed by atoms with van der Waals surface area (Å²) in [5.41, 5.74) is 0. The van der Waals surface area contributed by atoms with Crippen molar-refractivity contribution in [2.75, 3.05) is 0 Å². The minimum atomic E-state index is 0.327. The van der Waals surface area contributed by atoms with E-state index in [0.29, 0.717) is 6.04 Å². The van der Waals surface area contributed by atoms with Crippen molar-refractivity contribution in [2.45, 2.75) is 44.6 Å². The molecule has 0 heterocycles. The van der Waals surface area contributed by atoms with Crippen LogP contribution < -0.4 is 0 Å². The third-order valence-corrected chi connectivity index (χ3v) is 3.51. The maximum absolute atomic E-state index is 10.1. The standard InChI is InChI=1S/C10H15NO/c12-7-11-10-6-5-8-3-1-2-4-9(8)10/h8-10H,1-6H2. The molecule has 0 N–H and O–H groups in total. The van der Waals surface area contributed by atoms with Gasteiger partial charge in [0.1, 0.15) is 0 Å². The molecule has 0 aliphatic heterocycles. The van der Waals surface area contributed by atoms with Gasteiger partial charge in [-0.3, -0.25) is 0 Å². The summed E-state index contributed by atoms with van der Waals surface area (Å²) in [6.45, 7) is 0. The zero-order chi connectivity index (χ0) is 8.39. The largest absolute Gasteiger partial charge is 0.235 e. The van der Waals surface area contributed by atoms with E-state index in [0.717, 1.165) is 18.3 Å². The molecule has 0 saturated heterocycles. The summed E-state index contributed by atoms with van der Waals surface area (Å²) in [7, 11) is 0. The predicted octanol–water partition coefficient (Wildman–Crippen LogP) is 2.29. The van der Waals surface area contributed by atoms with Crippen LogP contribution in [0.1, 0.15) is 38.5 Å². The lowest BCUT2D eigenvalue weighted by Crippen LogP contribution is -2.21. The molecule has 0 spiro atoms. The van der Waals surface area contributed by atoms with Crippen molar-refractivity contribution < 1.29 is 4.79 Å². The lowest BCUT2D eigenvalue weighted by molar-refractivity contribution is 0.261. The van der Waals surface area contributed by atoms with E-state index >= 15 is 0 Å². The Balaban J connectivity index is 2.05. The summed E-state index contributed by atoms with van der Waals surface area (Å²) in [5.74, 6) is 1.60. The van der Waals surface area contributed by atoms with Crippen molar-refractivity contribution in [1.82, 2.24) is 0 Å². The Kier molecular flexibility index (Phi) is 2.27. The highest BCUT2D eigenvalue weighted by atomic mass is 16.1. The molecule has 12 heavy (non-hydrogen) atoms. The zero-order valence-corrected chi connectivity index (χ0v) is 7.33. The number of aliphatic imine (C=N–C) groups is 1. The summed E-state index contributed by atoms with van der Waals surface area (Å²) in [4.78, 5) is 14.0. The molecule has 2 aliphatic carbocycles. The van der Waals surface area contributed by atoms with Crippen LogP contribution in [0.2, 0.25) is 0 Å². The van der Waals surface area contributed by atoms with Gasteiger partial charge in [-0.2, -0.15) is 0 Å². The second kappa shape index (κ2) is 3.40. The van der Waals surface area contributed by atoms with Crippen LogP contribution in [0.4, 0.5) is 0 Å². The van der Waals surface area contributed by atoms with Crippen LogP contribution in [-0.2, 0) is 4.79 Å². The minimum Gasteiger partial charge on any atom is -0.211 e. The molecule has 3 atom stereocenters. The molecule has 2 heteroatoms. The van der Waals surface area contributed by atoms with Crippen molar-refractivity contribution >= 4 is 6.08 Å². The maximum atomic E-state index is 10.1. The molecule has 0 amide bonds. The van der Waals surface area contributed by atoms with Gasteiger partial charge in [0.15, 0.2) is 0 Å². The summed E-state index contributed by atoms with van der Waals surface area (Å²) in [6, 6.07) is 0.327. The quantitative estimate of drug-likeness (QED) is 0.433. The van der Waals surface area contributed by atoms with Gasteiger partial charge >= 0.3 is 0 Å². The first-order valence-corrected chi connectivity index (χ1v) is 4.99. The molecule has 2 aliphatic rings. The highest BCUT2D eigenvalue weighted by Crippen LogP contribution is 2.43. The van der Waals surface area contributed by atoms with Crippen molar-refractivity contribution in [2.24, 2.45) is 16.8 Å². The number of hydrogen-bond acceptors (Lipinski definition) is 2. The molecule has 2 saturated carbocycles. The van der Waals surface area contributed by atoms with E-state index in [9.17, 15) is 4.79 Å². The van der Waals surface area contributed by atoms with E-state index in [4.69, 9.17) is 0 Å². The second-order valence-electron chi connectivity index (χ2n) is 4.07. The maximum Gasteiger partial charge on any atom is 0.235 e. The van der Waals surface area contributed by atoms with Crippen molar-refractivity contribution in [3.63, 3.8) is 0 Å². The average molecular weight is 165 g/mol. The van der Waals surface area contributed by atoms with Crippen LogP contribution in [0.25, 0.3) is 0 Å². The topological polar surface area (TPSA) is 29.4 Å². The van der Waals surface area contributed by atoms with Gasteiger partial charge in [0.05, 0.1) is 6.04 Å². The van der Waals surface area contributed by atoms with Crippen LogP contribution in [0.15, 0.2) is 4.99 Å². The molecular formula is C10H15NO. The number of isocyanates is 1. The lowest BCUT2D eigenvalue weighted by atomic mass is 9.80. The number of fused-ring (bicyclic) bond motifs is 1. The average Bonchev–Trinajstić information content (AvgIpc) is 2.50. The SMILES string of the molecule is O=C=NC1CCC2CCCCC21. The molecule has 0 aromatic rings. The van der Waals surface area contributed by atoms with Gasteiger partial charge in [-0.15, -0.1) is 0 Å². The Bertz CT molecular complexity index is 208. The Morgan fingerprint density at radius 3 is 2.75 bits per heavy atom. The fourth-order valence-corrected chi connectivity index (χ4v) is 2.93. The normalized spacial score (nSPS) is 40.2. The van der Waals surface area contributed by atoms with Crippen LogP contribution in [0, 0.1) is 11.8 Å². The molecule has 2 rings (SSSR count). The van der Waals surface area contributed by atoms with Gasteiger partial charge in [0.25, 0.3) is 0 Å². The number of hydrogen-bond donors (Lipinski definition) is 0. The third-order valence-electron chi connectivity index (χ3n) is 3.51. The third kappa shape index (κ3) is 1.32. The molecule has 0 aromatic carbocycles. The van der Waals surface area contributed by atoms with E-state index < -0.39 is 0 Å². The lowest BCUT2D eigenvalue weighted by Gasteiger charge is -2.26. The smallest absolute Gasteiger partial charge is 0.211 e. The molecule has 0 aromatic heterocycles. The molecule has 2 fully saturated rings. The van der Waals surface area contributed by atoms with E-state index in [1.54, 1.807) is 6.08 Å². The summed E-state index contributed by atoms with van der Waals surface area (Å²) >= 11 is 0. The number of carbonyl (C=O) groups excluding carboxylic acids is 1. The van der Waals surface area contributed by atoms with Crippen LogP contribution in [0.5, 0.6) is 0 Å². The molecule has 0 bridgehead atoms. The first-order chi connectivity index (χ1) is 5.92. The van der Waals surface area contributed by atoms with Crippen molar-refractivity contribution in [1.29, 1.82) is 0 Å². The Morgan fingerprint density at radius 1 is 1.08 bits per heavy atom. The molecular weight excluding hydrogens is 150 g/mol. The van der Waals surface area contributed by atoms with Crippen molar-refractivity contribution in [3.05, 3.63) is 0 Å². The second-order valence-corrected chi connectivity index (χ2v) is 4.07. The van der Waals surface area contributed by atoms with Gasteiger partial charge in [0, 0.05) is 0 Å². The Labute approximate surface area is 73.1 Å². The van der Waals surface area contributed by atoms with Crippen LogP contribution in [-0.4, -0.2) is 12.1 Å². The molecule has 2 nitrogen and oxygen atoms in total. The highest BCUT2D eigenvalue weighted by molar-refractivity contribution is 5.34. The van der Waals surface area contributed by atoms with E-state index in [1.807, 2.05) is 0 Å². The van der Waals surface area contributed by atoms with E-state index in [-0.39, 0.29) is 0 Å². The zero-order valence-electron chi connectivity index (χ0n) is 7.33. The predicted molar refractivity (Wildman–Crippen MR) is 46.6 cm³/mol.